The SMILES string of the molecule is Cc1cnc(C)c(N(C)C(C)CO)n1. The van der Waals surface area contributed by atoms with Crippen LogP contribution in [0.25, 0.3) is 0 Å². The van der Waals surface area contributed by atoms with E-state index in [4.69, 9.17) is 5.11 Å². The summed E-state index contributed by atoms with van der Waals surface area (Å²) in [5, 5.41) is 9.04. The van der Waals surface area contributed by atoms with E-state index in [2.05, 4.69) is 9.97 Å². The molecule has 4 nitrogen and oxygen atoms in total. The molecule has 0 aliphatic carbocycles. The number of rotatable bonds is 3. The van der Waals surface area contributed by atoms with Gasteiger partial charge in [0.15, 0.2) is 0 Å². The number of aromatic nitrogens is 2. The summed E-state index contributed by atoms with van der Waals surface area (Å²) in [6, 6.07) is 0.0600. The van der Waals surface area contributed by atoms with Crippen molar-refractivity contribution in [2.45, 2.75) is 26.8 Å². The van der Waals surface area contributed by atoms with Crippen LogP contribution < -0.4 is 4.90 Å². The van der Waals surface area contributed by atoms with E-state index in [0.29, 0.717) is 0 Å². The van der Waals surface area contributed by atoms with Crippen LogP contribution in [0.2, 0.25) is 0 Å². The minimum Gasteiger partial charge on any atom is -0.394 e. The number of anilines is 1. The topological polar surface area (TPSA) is 49.2 Å². The molecule has 1 unspecified atom stereocenters. The third kappa shape index (κ3) is 2.20. The maximum atomic E-state index is 9.04. The largest absolute Gasteiger partial charge is 0.394 e. The van der Waals surface area contributed by atoms with E-state index in [1.807, 2.05) is 32.7 Å². The number of likely N-dealkylation sites (N-methyl/N-ethyl adjacent to an activating group) is 1. The van der Waals surface area contributed by atoms with Crippen LogP contribution in [0, 0.1) is 13.8 Å². The minimum absolute atomic E-state index is 0.0600. The molecule has 0 fully saturated rings. The fourth-order valence-corrected chi connectivity index (χ4v) is 1.19. The van der Waals surface area contributed by atoms with E-state index < -0.39 is 0 Å². The van der Waals surface area contributed by atoms with Gasteiger partial charge in [0.05, 0.1) is 24.0 Å². The lowest BCUT2D eigenvalue weighted by atomic mass is 10.3. The zero-order valence-electron chi connectivity index (χ0n) is 9.15. The molecule has 14 heavy (non-hydrogen) atoms. The molecule has 78 valence electrons. The second-order valence-electron chi connectivity index (χ2n) is 3.56. The number of aliphatic hydroxyl groups excluding tert-OH is 1. The molecule has 0 saturated heterocycles. The smallest absolute Gasteiger partial charge is 0.150 e. The highest BCUT2D eigenvalue weighted by Gasteiger charge is 2.13. The summed E-state index contributed by atoms with van der Waals surface area (Å²) in [5.41, 5.74) is 1.78. The fraction of sp³-hybridized carbons (Fsp3) is 0.600. The second kappa shape index (κ2) is 4.37. The van der Waals surface area contributed by atoms with Crippen molar-refractivity contribution in [1.82, 2.24) is 9.97 Å². The molecule has 4 heteroatoms. The molecule has 0 spiro atoms. The van der Waals surface area contributed by atoms with Crippen LogP contribution in [-0.4, -0.2) is 34.8 Å². The number of aliphatic hydroxyl groups is 1. The van der Waals surface area contributed by atoms with Gasteiger partial charge in [0, 0.05) is 13.2 Å². The van der Waals surface area contributed by atoms with Gasteiger partial charge in [0.1, 0.15) is 5.82 Å². The van der Waals surface area contributed by atoms with Crippen LogP contribution in [0.3, 0.4) is 0 Å². The fourth-order valence-electron chi connectivity index (χ4n) is 1.19. The van der Waals surface area contributed by atoms with Gasteiger partial charge in [-0.15, -0.1) is 0 Å². The molecule has 1 aromatic heterocycles. The van der Waals surface area contributed by atoms with Crippen LogP contribution in [0.4, 0.5) is 5.82 Å². The molecule has 0 bridgehead atoms. The van der Waals surface area contributed by atoms with Gasteiger partial charge in [-0.1, -0.05) is 0 Å². The second-order valence-corrected chi connectivity index (χ2v) is 3.56. The predicted octanol–water partition coefficient (Wildman–Crippen LogP) is 0.910. The van der Waals surface area contributed by atoms with E-state index >= 15 is 0 Å². The summed E-state index contributed by atoms with van der Waals surface area (Å²) in [7, 11) is 1.91. The zero-order valence-corrected chi connectivity index (χ0v) is 9.15. The Kier molecular flexibility index (Phi) is 3.41. The maximum Gasteiger partial charge on any atom is 0.150 e. The molecule has 1 heterocycles. The molecule has 0 saturated carbocycles. The average Bonchev–Trinajstić information content (AvgIpc) is 2.19. The van der Waals surface area contributed by atoms with Gasteiger partial charge >= 0.3 is 0 Å². The van der Waals surface area contributed by atoms with Gasteiger partial charge in [-0.3, -0.25) is 4.98 Å². The third-order valence-electron chi connectivity index (χ3n) is 2.31. The van der Waals surface area contributed by atoms with Gasteiger partial charge in [-0.2, -0.15) is 0 Å². The quantitative estimate of drug-likeness (QED) is 0.779. The Hall–Kier alpha value is -1.16. The van der Waals surface area contributed by atoms with Crippen molar-refractivity contribution >= 4 is 5.82 Å². The van der Waals surface area contributed by atoms with Gasteiger partial charge in [-0.25, -0.2) is 4.98 Å². The van der Waals surface area contributed by atoms with Crippen molar-refractivity contribution in [3.8, 4) is 0 Å². The highest BCUT2D eigenvalue weighted by molar-refractivity contribution is 5.43. The highest BCUT2D eigenvalue weighted by atomic mass is 16.3. The minimum atomic E-state index is 0.0600. The first-order chi connectivity index (χ1) is 6.56. The molecule has 0 radical (unpaired) electrons. The van der Waals surface area contributed by atoms with Crippen LogP contribution >= 0.6 is 0 Å². The molecule has 1 rings (SSSR count). The van der Waals surface area contributed by atoms with Gasteiger partial charge in [-0.05, 0) is 20.8 Å². The molecule has 1 atom stereocenters. The van der Waals surface area contributed by atoms with Crippen LogP contribution in [0.5, 0.6) is 0 Å². The monoisotopic (exact) mass is 195 g/mol. The Balaban J connectivity index is 2.99. The number of hydrogen-bond donors (Lipinski definition) is 1. The zero-order chi connectivity index (χ0) is 10.7. The number of hydrogen-bond acceptors (Lipinski definition) is 4. The summed E-state index contributed by atoms with van der Waals surface area (Å²) in [6.07, 6.45) is 1.75. The lowest BCUT2D eigenvalue weighted by Crippen LogP contribution is -2.33. The molecule has 1 N–H and O–H groups in total. The third-order valence-corrected chi connectivity index (χ3v) is 2.31. The summed E-state index contributed by atoms with van der Waals surface area (Å²) in [6.45, 7) is 5.89. The lowest BCUT2D eigenvalue weighted by molar-refractivity contribution is 0.269. The average molecular weight is 195 g/mol. The molecular formula is C10H17N3O. The van der Waals surface area contributed by atoms with Gasteiger partial charge < -0.3 is 10.0 Å². The molecular weight excluding hydrogens is 178 g/mol. The van der Waals surface area contributed by atoms with E-state index in [9.17, 15) is 0 Å². The first-order valence-electron chi connectivity index (χ1n) is 4.70. The van der Waals surface area contributed by atoms with Crippen LogP contribution in [0.1, 0.15) is 18.3 Å². The Labute approximate surface area is 84.6 Å². The Bertz CT molecular complexity index is 314. The van der Waals surface area contributed by atoms with Crippen molar-refractivity contribution in [3.05, 3.63) is 17.6 Å². The maximum absolute atomic E-state index is 9.04. The van der Waals surface area contributed by atoms with Gasteiger partial charge in [0.25, 0.3) is 0 Å². The van der Waals surface area contributed by atoms with E-state index in [-0.39, 0.29) is 12.6 Å². The van der Waals surface area contributed by atoms with E-state index in [0.717, 1.165) is 17.2 Å². The molecule has 1 aromatic rings. The highest BCUT2D eigenvalue weighted by Crippen LogP contribution is 2.15. The first-order valence-corrected chi connectivity index (χ1v) is 4.70. The van der Waals surface area contributed by atoms with Gasteiger partial charge in [0.2, 0.25) is 0 Å². The number of nitrogens with zero attached hydrogens (tertiary/aromatic N) is 3. The molecule has 0 amide bonds. The summed E-state index contributed by atoms with van der Waals surface area (Å²) >= 11 is 0. The van der Waals surface area contributed by atoms with E-state index in [1.54, 1.807) is 6.20 Å². The van der Waals surface area contributed by atoms with Crippen molar-refractivity contribution in [2.24, 2.45) is 0 Å². The first kappa shape index (κ1) is 10.9. The molecule has 0 aliphatic rings. The van der Waals surface area contributed by atoms with Crippen molar-refractivity contribution in [1.29, 1.82) is 0 Å². The van der Waals surface area contributed by atoms with E-state index in [1.165, 1.54) is 0 Å². The van der Waals surface area contributed by atoms with Crippen LogP contribution in [0.15, 0.2) is 6.20 Å². The summed E-state index contributed by atoms with van der Waals surface area (Å²) in [4.78, 5) is 10.6. The lowest BCUT2D eigenvalue weighted by Gasteiger charge is -2.25. The Morgan fingerprint density at radius 2 is 2.14 bits per heavy atom. The predicted molar refractivity (Wildman–Crippen MR) is 56.5 cm³/mol. The van der Waals surface area contributed by atoms with Crippen LogP contribution in [-0.2, 0) is 0 Å². The normalized spacial score (nSPS) is 12.6. The standard InChI is InChI=1S/C10H17N3O/c1-7-5-11-9(3)10(12-7)13(4)8(2)6-14/h5,8,14H,6H2,1-4H3. The van der Waals surface area contributed by atoms with Crippen molar-refractivity contribution in [2.75, 3.05) is 18.6 Å². The number of aryl methyl sites for hydroxylation is 2. The van der Waals surface area contributed by atoms with Crippen molar-refractivity contribution < 1.29 is 5.11 Å². The molecule has 0 aliphatic heterocycles. The summed E-state index contributed by atoms with van der Waals surface area (Å²) < 4.78 is 0. The Morgan fingerprint density at radius 3 is 2.71 bits per heavy atom. The molecule has 0 aromatic carbocycles. The Morgan fingerprint density at radius 1 is 1.50 bits per heavy atom. The summed E-state index contributed by atoms with van der Waals surface area (Å²) in [5.74, 6) is 0.839. The van der Waals surface area contributed by atoms with Crippen molar-refractivity contribution in [3.63, 3.8) is 0 Å².